The maximum absolute atomic E-state index is 12.9. The van der Waals surface area contributed by atoms with Crippen molar-refractivity contribution in [1.82, 2.24) is 10.2 Å². The molecule has 3 heterocycles. The number of hydrogen-bond acceptors (Lipinski definition) is 8. The lowest BCUT2D eigenvalue weighted by molar-refractivity contribution is -0.688. The fourth-order valence-corrected chi connectivity index (χ4v) is 6.51. The van der Waals surface area contributed by atoms with Crippen molar-refractivity contribution in [1.29, 1.82) is 0 Å². The molecular weight excluding hydrogens is 561 g/mol. The number of nitrogens with one attached hydrogen (secondary N) is 2. The zero-order valence-electron chi connectivity index (χ0n) is 19.1. The summed E-state index contributed by atoms with van der Waals surface area (Å²) in [6, 6.07) is 7.43. The van der Waals surface area contributed by atoms with Crippen molar-refractivity contribution in [2.75, 3.05) is 23.4 Å². The van der Waals surface area contributed by atoms with Crippen LogP contribution < -0.4 is 26.0 Å². The number of hydrogen-bond donors (Lipinski definition) is 3. The summed E-state index contributed by atoms with van der Waals surface area (Å²) in [5.41, 5.74) is 6.09. The molecule has 0 spiro atoms. The van der Waals surface area contributed by atoms with Crippen LogP contribution in [0.1, 0.15) is 0 Å². The van der Waals surface area contributed by atoms with E-state index in [0.717, 1.165) is 4.90 Å². The average Bonchev–Trinajstić information content (AvgIpc) is 2.87. The van der Waals surface area contributed by atoms with Crippen LogP contribution in [0.2, 0.25) is 10.0 Å². The van der Waals surface area contributed by atoms with Crippen molar-refractivity contribution >= 4 is 76.1 Å². The van der Waals surface area contributed by atoms with E-state index in [-0.39, 0.29) is 30.4 Å². The Hall–Kier alpha value is -2.77. The van der Waals surface area contributed by atoms with Gasteiger partial charge in [0, 0.05) is 27.3 Å². The maximum Gasteiger partial charge on any atom is 0.253 e. The molecule has 2 aromatic rings. The number of carboxylic acid groups (broad SMARTS) is 1. The number of fused-ring (bicyclic) bond motifs is 1. The van der Waals surface area contributed by atoms with Crippen molar-refractivity contribution < 1.29 is 28.9 Å². The standard InChI is InChI=1S/C23H21Cl2N5O5S2/c24-13-3-4-15(25)16(6-13)36-11-18(32)28-19-21(33)30-20(23(34)35)12(10-37-22(19)30)8-29-5-1-2-14(9-29)27-17(31)7-26/h1-6,9,19,22H,7-8,10-11,26H2,(H2-,27,28,31,32,34,35)/t19-,22-/m1/s1. The summed E-state index contributed by atoms with van der Waals surface area (Å²) in [5, 5.41) is 17.7. The fourth-order valence-electron chi connectivity index (χ4n) is 3.87. The molecule has 2 atom stereocenters. The summed E-state index contributed by atoms with van der Waals surface area (Å²) < 4.78 is 1.69. The first-order valence-electron chi connectivity index (χ1n) is 10.9. The Labute approximate surface area is 230 Å². The Balaban J connectivity index is 1.42. The van der Waals surface area contributed by atoms with Crippen LogP contribution in [0, 0.1) is 0 Å². The van der Waals surface area contributed by atoms with E-state index in [0.29, 0.717) is 32.0 Å². The van der Waals surface area contributed by atoms with E-state index in [1.54, 1.807) is 47.3 Å². The molecule has 0 saturated carbocycles. The number of aliphatic carboxylic acids is 1. The SMILES string of the molecule is NCC(=O)Nc1ccc[n+](CC2=C(C(=O)[O-])N3C(=O)[C@@H](NC(=O)CSc4cc(Cl)ccc4Cl)[C@H]3SC2)c1. The molecule has 0 unspecified atom stereocenters. The second-order valence-corrected chi connectivity index (χ2v) is 11.0. The Morgan fingerprint density at radius 3 is 2.76 bits per heavy atom. The van der Waals surface area contributed by atoms with E-state index in [1.165, 1.54) is 23.5 Å². The first-order chi connectivity index (χ1) is 17.7. The average molecular weight is 582 g/mol. The first-order valence-corrected chi connectivity index (χ1v) is 13.7. The molecule has 0 radical (unpaired) electrons. The summed E-state index contributed by atoms with van der Waals surface area (Å²) >= 11 is 14.6. The van der Waals surface area contributed by atoms with Gasteiger partial charge in [-0.15, -0.1) is 23.5 Å². The van der Waals surface area contributed by atoms with Crippen LogP contribution in [-0.4, -0.2) is 58.1 Å². The summed E-state index contributed by atoms with van der Waals surface area (Å²) in [6.45, 7) is -0.0120. The van der Waals surface area contributed by atoms with Crippen molar-refractivity contribution in [2.24, 2.45) is 5.73 Å². The predicted molar refractivity (Wildman–Crippen MR) is 139 cm³/mol. The lowest BCUT2D eigenvalue weighted by Crippen LogP contribution is -2.71. The summed E-state index contributed by atoms with van der Waals surface area (Å²) in [5.74, 6) is -2.44. The normalized spacial score (nSPS) is 18.7. The van der Waals surface area contributed by atoms with Gasteiger partial charge in [-0.25, -0.2) is 0 Å². The molecule has 1 aromatic heterocycles. The van der Waals surface area contributed by atoms with Gasteiger partial charge in [-0.1, -0.05) is 23.2 Å². The lowest BCUT2D eigenvalue weighted by Gasteiger charge is -2.50. The van der Waals surface area contributed by atoms with Crippen LogP contribution in [0.25, 0.3) is 0 Å². The molecule has 2 aliphatic rings. The fraction of sp³-hybridized carbons (Fsp3) is 0.261. The maximum atomic E-state index is 12.9. The Morgan fingerprint density at radius 1 is 1.24 bits per heavy atom. The van der Waals surface area contributed by atoms with Gasteiger partial charge in [-0.2, -0.15) is 4.57 Å². The highest BCUT2D eigenvalue weighted by Gasteiger charge is 2.53. The van der Waals surface area contributed by atoms with Gasteiger partial charge in [0.05, 0.1) is 29.0 Å². The van der Waals surface area contributed by atoms with Crippen LogP contribution >= 0.6 is 46.7 Å². The Kier molecular flexibility index (Phi) is 8.65. The molecule has 4 rings (SSSR count). The number of nitrogens with zero attached hydrogens (tertiary/aromatic N) is 2. The van der Waals surface area contributed by atoms with E-state index in [4.69, 9.17) is 28.9 Å². The monoisotopic (exact) mass is 581 g/mol. The molecule has 1 fully saturated rings. The number of amides is 3. The van der Waals surface area contributed by atoms with Gasteiger partial charge in [-0.3, -0.25) is 19.3 Å². The molecule has 14 heteroatoms. The lowest BCUT2D eigenvalue weighted by atomic mass is 10.0. The molecular formula is C23H21Cl2N5O5S2. The zero-order valence-corrected chi connectivity index (χ0v) is 22.3. The van der Waals surface area contributed by atoms with Gasteiger partial charge < -0.3 is 26.3 Å². The Bertz CT molecular complexity index is 1310. The topological polar surface area (TPSA) is 149 Å². The number of nitrogens with two attached hydrogens (primary N) is 1. The van der Waals surface area contributed by atoms with Crippen molar-refractivity contribution in [3.8, 4) is 0 Å². The third-order valence-electron chi connectivity index (χ3n) is 5.51. The van der Waals surface area contributed by atoms with E-state index >= 15 is 0 Å². The van der Waals surface area contributed by atoms with Crippen LogP contribution in [0.3, 0.4) is 0 Å². The molecule has 3 amide bonds. The van der Waals surface area contributed by atoms with Crippen LogP contribution in [-0.2, 0) is 25.7 Å². The van der Waals surface area contributed by atoms with Crippen LogP contribution in [0.5, 0.6) is 0 Å². The number of anilines is 1. The highest BCUT2D eigenvalue weighted by Crippen LogP contribution is 2.40. The van der Waals surface area contributed by atoms with Gasteiger partial charge in [0.15, 0.2) is 18.9 Å². The second-order valence-electron chi connectivity index (χ2n) is 8.08. The molecule has 10 nitrogen and oxygen atoms in total. The van der Waals surface area contributed by atoms with E-state index in [1.807, 2.05) is 0 Å². The minimum Gasteiger partial charge on any atom is -0.543 e. The zero-order chi connectivity index (χ0) is 26.7. The highest BCUT2D eigenvalue weighted by atomic mass is 35.5. The number of β-lactam (4-membered cyclic amide) rings is 1. The van der Waals surface area contributed by atoms with Gasteiger partial charge in [0.2, 0.25) is 11.8 Å². The molecule has 1 saturated heterocycles. The third kappa shape index (κ3) is 6.21. The molecule has 0 bridgehead atoms. The number of rotatable bonds is 9. The second kappa shape index (κ2) is 11.7. The number of pyridine rings is 1. The smallest absolute Gasteiger partial charge is 0.253 e. The van der Waals surface area contributed by atoms with Gasteiger partial charge in [-0.05, 0) is 24.3 Å². The molecule has 4 N–H and O–H groups in total. The Morgan fingerprint density at radius 2 is 2.03 bits per heavy atom. The number of carbonyl (C=O) groups excluding carboxylic acids is 4. The quantitative estimate of drug-likeness (QED) is 0.218. The molecule has 194 valence electrons. The number of carbonyl (C=O) groups is 4. The van der Waals surface area contributed by atoms with Crippen molar-refractivity contribution in [3.05, 3.63) is 64.0 Å². The number of halogens is 2. The number of aromatic nitrogens is 1. The minimum absolute atomic E-state index is 0.00331. The van der Waals surface area contributed by atoms with E-state index in [2.05, 4.69) is 10.6 Å². The first kappa shape index (κ1) is 27.3. The number of benzene rings is 1. The van der Waals surface area contributed by atoms with Crippen LogP contribution in [0.15, 0.2) is 58.9 Å². The largest absolute Gasteiger partial charge is 0.543 e. The van der Waals surface area contributed by atoms with Crippen molar-refractivity contribution in [3.63, 3.8) is 0 Å². The summed E-state index contributed by atoms with van der Waals surface area (Å²) in [4.78, 5) is 50.8. The van der Waals surface area contributed by atoms with Gasteiger partial charge >= 0.3 is 0 Å². The number of carboxylic acids is 1. The van der Waals surface area contributed by atoms with Crippen LogP contribution in [0.4, 0.5) is 5.69 Å². The molecule has 37 heavy (non-hydrogen) atoms. The minimum atomic E-state index is -1.47. The van der Waals surface area contributed by atoms with Gasteiger partial charge in [0.1, 0.15) is 17.1 Å². The van der Waals surface area contributed by atoms with Gasteiger partial charge in [0.25, 0.3) is 5.91 Å². The third-order valence-corrected chi connectivity index (χ3v) is 8.58. The highest BCUT2D eigenvalue weighted by molar-refractivity contribution is 8.00. The van der Waals surface area contributed by atoms with E-state index in [9.17, 15) is 24.3 Å². The predicted octanol–water partition coefficient (Wildman–Crippen LogP) is 0.374. The molecule has 1 aromatic carbocycles. The molecule has 2 aliphatic heterocycles. The molecule has 0 aliphatic carbocycles. The summed E-state index contributed by atoms with van der Waals surface area (Å²) in [6.07, 6.45) is 3.34. The summed E-state index contributed by atoms with van der Waals surface area (Å²) in [7, 11) is 0. The number of thioether (sulfide) groups is 2. The van der Waals surface area contributed by atoms with Crippen molar-refractivity contribution in [2.45, 2.75) is 22.9 Å². The van der Waals surface area contributed by atoms with E-state index < -0.39 is 29.2 Å².